The molecule has 2 fully saturated rings. The molecule has 0 bridgehead atoms. The van der Waals surface area contributed by atoms with Crippen LogP contribution >= 0.6 is 0 Å². The molecule has 4 atom stereocenters. The Labute approximate surface area is 242 Å². The number of aromatic nitrogens is 1. The van der Waals surface area contributed by atoms with Crippen molar-refractivity contribution in [1.82, 2.24) is 25.0 Å². The number of halogens is 2. The lowest BCUT2D eigenvalue weighted by Gasteiger charge is -2.45. The maximum atomic E-state index is 14.4. The van der Waals surface area contributed by atoms with Gasteiger partial charge >= 0.3 is 0 Å². The van der Waals surface area contributed by atoms with Crippen LogP contribution in [-0.2, 0) is 21.4 Å². The summed E-state index contributed by atoms with van der Waals surface area (Å²) in [5.41, 5.74) is 2.70. The number of anilines is 1. The molecule has 3 aliphatic heterocycles. The summed E-state index contributed by atoms with van der Waals surface area (Å²) in [6.07, 6.45) is 3.59. The zero-order valence-corrected chi connectivity index (χ0v) is 25.0. The highest BCUT2D eigenvalue weighted by Gasteiger charge is 2.40. The van der Waals surface area contributed by atoms with Crippen LogP contribution in [0.15, 0.2) is 35.8 Å². The molecule has 2 amide bonds. The maximum Gasteiger partial charge on any atom is 0.241 e. The van der Waals surface area contributed by atoms with E-state index < -0.39 is 12.0 Å². The lowest BCUT2D eigenvalue weighted by molar-refractivity contribution is -0.132. The number of carbonyl (C=O) groups excluding carboxylic acids is 2. The number of nitrogens with zero attached hydrogens (tertiary/aromatic N) is 5. The van der Waals surface area contributed by atoms with Crippen LogP contribution in [-0.4, -0.2) is 108 Å². The minimum Gasteiger partial charge on any atom is -0.340 e. The summed E-state index contributed by atoms with van der Waals surface area (Å²) in [6, 6.07) is 2.62. The van der Waals surface area contributed by atoms with Crippen molar-refractivity contribution in [3.8, 4) is 0 Å². The predicted molar refractivity (Wildman–Crippen MR) is 156 cm³/mol. The van der Waals surface area contributed by atoms with E-state index in [4.69, 9.17) is 0 Å². The number of alkyl halides is 1. The standard InChI is InChI=1S/C31H44F2N6O2/c1-20-15-38(26(13-34-20)17-36-8-9-37(22(3)40)16-21(36)2)18-30(41)39-19-31(4,5)27-14-35-25(12-29(27)39)10-23-6-7-24(32)11-28(23)33/h6,11-12,14,20-21,24,26,34H,7-10,13,15-19H2,1-5H3/t20-,21-,24?,26-/m1/s1. The van der Waals surface area contributed by atoms with Crippen LogP contribution in [0.2, 0.25) is 0 Å². The van der Waals surface area contributed by atoms with E-state index in [1.807, 2.05) is 22.1 Å². The minimum absolute atomic E-state index is 0.0470. The summed E-state index contributed by atoms with van der Waals surface area (Å²) in [7, 11) is 0. The monoisotopic (exact) mass is 570 g/mol. The number of pyridine rings is 1. The van der Waals surface area contributed by atoms with Crippen molar-refractivity contribution in [3.05, 3.63) is 47.1 Å². The highest BCUT2D eigenvalue weighted by atomic mass is 19.1. The number of carbonyl (C=O) groups is 2. The van der Waals surface area contributed by atoms with Gasteiger partial charge in [0.15, 0.2) is 0 Å². The number of amides is 2. The van der Waals surface area contributed by atoms with Gasteiger partial charge in [-0.2, -0.15) is 0 Å². The molecule has 0 saturated carbocycles. The Morgan fingerprint density at radius 1 is 1.17 bits per heavy atom. The number of allylic oxidation sites excluding steroid dienone is 4. The summed E-state index contributed by atoms with van der Waals surface area (Å²) < 4.78 is 27.9. The van der Waals surface area contributed by atoms with Crippen molar-refractivity contribution in [1.29, 1.82) is 0 Å². The molecule has 1 aliphatic carbocycles. The highest BCUT2D eigenvalue weighted by Crippen LogP contribution is 2.41. The molecule has 0 radical (unpaired) electrons. The molecule has 10 heteroatoms. The van der Waals surface area contributed by atoms with Gasteiger partial charge in [-0.25, -0.2) is 8.78 Å². The van der Waals surface area contributed by atoms with Crippen LogP contribution in [0.1, 0.15) is 52.3 Å². The van der Waals surface area contributed by atoms with Gasteiger partial charge in [-0.3, -0.25) is 24.4 Å². The molecule has 1 aromatic rings. The molecule has 41 heavy (non-hydrogen) atoms. The molecule has 5 rings (SSSR count). The zero-order chi connectivity index (χ0) is 29.5. The molecular weight excluding hydrogens is 526 g/mol. The summed E-state index contributed by atoms with van der Waals surface area (Å²) >= 11 is 0. The largest absolute Gasteiger partial charge is 0.340 e. The number of fused-ring (bicyclic) bond motifs is 1. The number of nitrogens with one attached hydrogen (secondary N) is 1. The summed E-state index contributed by atoms with van der Waals surface area (Å²) in [4.78, 5) is 38.9. The first-order valence-electron chi connectivity index (χ1n) is 14.9. The van der Waals surface area contributed by atoms with Crippen molar-refractivity contribution < 1.29 is 18.4 Å². The fourth-order valence-electron chi connectivity index (χ4n) is 6.64. The van der Waals surface area contributed by atoms with Gasteiger partial charge in [0, 0.05) is 107 Å². The number of hydrogen-bond donors (Lipinski definition) is 1. The Kier molecular flexibility index (Phi) is 8.64. The van der Waals surface area contributed by atoms with Gasteiger partial charge in [-0.15, -0.1) is 0 Å². The summed E-state index contributed by atoms with van der Waals surface area (Å²) in [5.74, 6) is -0.365. The average molecular weight is 571 g/mol. The van der Waals surface area contributed by atoms with Gasteiger partial charge in [0.25, 0.3) is 0 Å². The molecule has 4 aliphatic rings. The molecule has 1 N–H and O–H groups in total. The smallest absolute Gasteiger partial charge is 0.241 e. The number of hydrogen-bond acceptors (Lipinski definition) is 6. The fourth-order valence-corrected chi connectivity index (χ4v) is 6.64. The third-order valence-electron chi connectivity index (χ3n) is 9.13. The van der Waals surface area contributed by atoms with Gasteiger partial charge in [-0.1, -0.05) is 19.9 Å². The summed E-state index contributed by atoms with van der Waals surface area (Å²) in [6.45, 7) is 15.8. The van der Waals surface area contributed by atoms with Crippen LogP contribution in [0.4, 0.5) is 14.5 Å². The predicted octanol–water partition coefficient (Wildman–Crippen LogP) is 2.98. The number of piperazine rings is 2. The Balaban J connectivity index is 1.30. The molecule has 8 nitrogen and oxygen atoms in total. The van der Waals surface area contributed by atoms with Crippen LogP contribution in [0.3, 0.4) is 0 Å². The van der Waals surface area contributed by atoms with Gasteiger partial charge in [-0.05, 0) is 31.6 Å². The molecule has 1 unspecified atom stereocenters. The van der Waals surface area contributed by atoms with E-state index in [9.17, 15) is 18.4 Å². The van der Waals surface area contributed by atoms with E-state index in [-0.39, 0.29) is 48.2 Å². The Morgan fingerprint density at radius 2 is 1.95 bits per heavy atom. The van der Waals surface area contributed by atoms with E-state index in [1.54, 1.807) is 13.0 Å². The van der Waals surface area contributed by atoms with Crippen molar-refractivity contribution in [2.75, 3.05) is 57.3 Å². The first kappa shape index (κ1) is 29.8. The lowest BCUT2D eigenvalue weighted by atomic mass is 9.88. The second-order valence-electron chi connectivity index (χ2n) is 12.9. The number of rotatable bonds is 6. The third kappa shape index (κ3) is 6.54. The molecular formula is C31H44F2N6O2. The highest BCUT2D eigenvalue weighted by molar-refractivity contribution is 5.97. The first-order chi connectivity index (χ1) is 19.4. The second-order valence-corrected chi connectivity index (χ2v) is 12.9. The van der Waals surface area contributed by atoms with Crippen molar-refractivity contribution >= 4 is 17.5 Å². The van der Waals surface area contributed by atoms with E-state index in [0.717, 1.165) is 56.6 Å². The summed E-state index contributed by atoms with van der Waals surface area (Å²) in [5, 5.41) is 3.59. The van der Waals surface area contributed by atoms with E-state index in [1.165, 1.54) is 0 Å². The normalized spacial score (nSPS) is 28.8. The molecule has 224 valence electrons. The van der Waals surface area contributed by atoms with Crippen LogP contribution in [0.5, 0.6) is 0 Å². The molecule has 1 aromatic heterocycles. The van der Waals surface area contributed by atoms with Crippen LogP contribution in [0.25, 0.3) is 0 Å². The third-order valence-corrected chi connectivity index (χ3v) is 9.13. The SMILES string of the molecule is CC(=O)N1CCN(C[C@H]2CN[C@H](C)CN2CC(=O)N2CC(C)(C)c3cnc(CC4=CCC(F)C=C4F)cc32)[C@H](C)C1. The molecule has 0 spiro atoms. The quantitative estimate of drug-likeness (QED) is 0.567. The van der Waals surface area contributed by atoms with Gasteiger partial charge in [0.1, 0.15) is 12.0 Å². The average Bonchev–Trinajstić information content (AvgIpc) is 3.18. The molecule has 2 saturated heterocycles. The van der Waals surface area contributed by atoms with Gasteiger partial charge in [0.2, 0.25) is 11.8 Å². The van der Waals surface area contributed by atoms with E-state index in [0.29, 0.717) is 24.4 Å². The van der Waals surface area contributed by atoms with Crippen molar-refractivity contribution in [2.24, 2.45) is 0 Å². The van der Waals surface area contributed by atoms with E-state index >= 15 is 0 Å². The zero-order valence-electron chi connectivity index (χ0n) is 25.0. The van der Waals surface area contributed by atoms with Crippen LogP contribution in [0, 0.1) is 0 Å². The Hall–Kier alpha value is -2.69. The molecule has 4 heterocycles. The first-order valence-corrected chi connectivity index (χ1v) is 14.9. The Bertz CT molecular complexity index is 1230. The lowest BCUT2D eigenvalue weighted by Crippen LogP contribution is -2.63. The molecule has 0 aromatic carbocycles. The second kappa shape index (κ2) is 11.9. The van der Waals surface area contributed by atoms with Gasteiger partial charge in [0.05, 0.1) is 12.2 Å². The van der Waals surface area contributed by atoms with E-state index in [2.05, 4.69) is 47.8 Å². The fraction of sp³-hybridized carbons (Fsp3) is 0.645. The Morgan fingerprint density at radius 3 is 2.66 bits per heavy atom. The van der Waals surface area contributed by atoms with Crippen molar-refractivity contribution in [2.45, 2.75) is 77.2 Å². The van der Waals surface area contributed by atoms with Crippen molar-refractivity contribution in [3.63, 3.8) is 0 Å². The minimum atomic E-state index is -1.29. The topological polar surface area (TPSA) is 72.0 Å². The van der Waals surface area contributed by atoms with Gasteiger partial charge < -0.3 is 15.1 Å². The maximum absolute atomic E-state index is 14.4. The van der Waals surface area contributed by atoms with Crippen LogP contribution < -0.4 is 10.2 Å².